The maximum Gasteiger partial charge on any atom is 0.264 e. The second-order valence-corrected chi connectivity index (χ2v) is 10.4. The average molecular weight is 599 g/mol. The minimum atomic E-state index is -1.17. The first-order valence-corrected chi connectivity index (χ1v) is 13.0. The van der Waals surface area contributed by atoms with E-state index in [1.165, 1.54) is 4.90 Å². The Kier molecular flexibility index (Phi) is 6.84. The lowest BCUT2D eigenvalue weighted by molar-refractivity contribution is -0.130. The highest BCUT2D eigenvalue weighted by Crippen LogP contribution is 2.49. The molecule has 5 rings (SSSR count). The van der Waals surface area contributed by atoms with Crippen molar-refractivity contribution in [2.24, 2.45) is 0 Å². The van der Waals surface area contributed by atoms with Gasteiger partial charge in [0.15, 0.2) is 0 Å². The topological polar surface area (TPSA) is 66.9 Å². The Balaban J connectivity index is 1.62. The molecule has 2 heterocycles. The zero-order chi connectivity index (χ0) is 26.8. The lowest BCUT2D eigenvalue weighted by Crippen LogP contribution is -2.67. The third kappa shape index (κ3) is 3.98. The van der Waals surface area contributed by atoms with E-state index in [9.17, 15) is 14.4 Å². The van der Waals surface area contributed by atoms with Crippen molar-refractivity contribution >= 4 is 81.4 Å². The van der Waals surface area contributed by atoms with Gasteiger partial charge in [-0.2, -0.15) is 0 Å². The largest absolute Gasteiger partial charge is 0.494 e. The van der Waals surface area contributed by atoms with Gasteiger partial charge in [-0.1, -0.05) is 76.2 Å². The molecule has 0 aromatic heterocycles. The highest BCUT2D eigenvalue weighted by atomic mass is 35.5. The molecule has 0 spiro atoms. The molecule has 0 N–H and O–H groups in total. The molecule has 37 heavy (non-hydrogen) atoms. The number of ether oxygens (including phenoxy) is 1. The number of carbonyl (C=O) groups is 3. The van der Waals surface area contributed by atoms with E-state index in [0.29, 0.717) is 28.6 Å². The van der Waals surface area contributed by atoms with Crippen molar-refractivity contribution in [3.63, 3.8) is 0 Å². The van der Waals surface area contributed by atoms with Crippen LogP contribution in [-0.4, -0.2) is 35.3 Å². The molecule has 2 aliphatic heterocycles. The van der Waals surface area contributed by atoms with Crippen molar-refractivity contribution in [2.75, 3.05) is 11.5 Å². The van der Waals surface area contributed by atoms with Crippen LogP contribution in [0.15, 0.2) is 42.5 Å². The van der Waals surface area contributed by atoms with Crippen LogP contribution in [0.1, 0.15) is 44.8 Å². The van der Waals surface area contributed by atoms with Gasteiger partial charge in [0.05, 0.1) is 43.9 Å². The smallest absolute Gasteiger partial charge is 0.264 e. The fraction of sp³-hybridized carbons (Fsp3) is 0.192. The molecule has 0 bridgehead atoms. The third-order valence-corrected chi connectivity index (χ3v) is 8.65. The van der Waals surface area contributed by atoms with E-state index < -0.39 is 29.8 Å². The standard InChI is InChI=1S/C26H17Cl5N2O4/c1-3-37-14-8-5-12(6-9-14)22-23(26(36)32(22)13-7-4-11(2)15(27)10-13)33-24(34)16-17(25(33)35)19(29)21(31)20(30)18(16)28/h4-10,22-23H,3H2,1-2H3/t22-,23+/m1/s1. The van der Waals surface area contributed by atoms with E-state index in [4.69, 9.17) is 62.7 Å². The van der Waals surface area contributed by atoms with Crippen LogP contribution in [0.3, 0.4) is 0 Å². The number of fused-ring (bicyclic) bond motifs is 1. The number of carbonyl (C=O) groups excluding carboxylic acids is 3. The summed E-state index contributed by atoms with van der Waals surface area (Å²) in [5.74, 6) is -1.39. The minimum absolute atomic E-state index is 0.144. The van der Waals surface area contributed by atoms with Crippen LogP contribution in [0.5, 0.6) is 5.75 Å². The van der Waals surface area contributed by atoms with Gasteiger partial charge >= 0.3 is 0 Å². The lowest BCUT2D eigenvalue weighted by atomic mass is 9.86. The maximum absolute atomic E-state index is 13.6. The molecule has 3 amide bonds. The Morgan fingerprint density at radius 3 is 1.84 bits per heavy atom. The predicted octanol–water partition coefficient (Wildman–Crippen LogP) is 7.41. The van der Waals surface area contributed by atoms with Gasteiger partial charge in [0.1, 0.15) is 11.8 Å². The van der Waals surface area contributed by atoms with Crippen molar-refractivity contribution in [1.29, 1.82) is 0 Å². The second-order valence-electron chi connectivity index (χ2n) is 8.52. The van der Waals surface area contributed by atoms with Crippen LogP contribution in [0.2, 0.25) is 25.1 Å². The predicted molar refractivity (Wildman–Crippen MR) is 145 cm³/mol. The lowest BCUT2D eigenvalue weighted by Gasteiger charge is -2.49. The van der Waals surface area contributed by atoms with E-state index in [0.717, 1.165) is 10.5 Å². The van der Waals surface area contributed by atoms with E-state index in [2.05, 4.69) is 0 Å². The van der Waals surface area contributed by atoms with Crippen LogP contribution in [0, 0.1) is 6.92 Å². The van der Waals surface area contributed by atoms with Gasteiger partial charge in [0, 0.05) is 10.7 Å². The minimum Gasteiger partial charge on any atom is -0.494 e. The molecule has 0 unspecified atom stereocenters. The number of amides is 3. The van der Waals surface area contributed by atoms with Crippen LogP contribution >= 0.6 is 58.0 Å². The molecule has 190 valence electrons. The highest BCUT2D eigenvalue weighted by molar-refractivity contribution is 6.55. The molecule has 6 nitrogen and oxygen atoms in total. The number of rotatable bonds is 5. The number of hydrogen-bond acceptors (Lipinski definition) is 4. The first-order chi connectivity index (χ1) is 17.6. The molecule has 11 heteroatoms. The van der Waals surface area contributed by atoms with Crippen LogP contribution in [0.4, 0.5) is 5.69 Å². The average Bonchev–Trinajstić information content (AvgIpc) is 3.13. The summed E-state index contributed by atoms with van der Waals surface area (Å²) in [5.41, 5.74) is 1.68. The summed E-state index contributed by atoms with van der Waals surface area (Å²) in [6.45, 7) is 4.20. The molecule has 1 fully saturated rings. The van der Waals surface area contributed by atoms with Crippen molar-refractivity contribution in [3.8, 4) is 5.75 Å². The molecule has 1 saturated heterocycles. The summed E-state index contributed by atoms with van der Waals surface area (Å²) in [6.07, 6.45) is 0. The van der Waals surface area contributed by atoms with Crippen molar-refractivity contribution in [3.05, 3.63) is 89.8 Å². The molecule has 2 aliphatic rings. The Bertz CT molecular complexity index is 1440. The van der Waals surface area contributed by atoms with Gasteiger partial charge < -0.3 is 9.64 Å². The Labute approximate surface area is 237 Å². The number of anilines is 1. The highest BCUT2D eigenvalue weighted by Gasteiger charge is 2.58. The first-order valence-electron chi connectivity index (χ1n) is 11.1. The fourth-order valence-electron chi connectivity index (χ4n) is 4.62. The second kappa shape index (κ2) is 9.68. The molecule has 0 aliphatic carbocycles. The Hall–Kier alpha value is -2.48. The van der Waals surface area contributed by atoms with Gasteiger partial charge in [0.2, 0.25) is 0 Å². The molecule has 3 aromatic rings. The number of halogens is 5. The zero-order valence-corrected chi connectivity index (χ0v) is 23.1. The van der Waals surface area contributed by atoms with Crippen molar-refractivity contribution in [1.82, 2.24) is 4.90 Å². The summed E-state index contributed by atoms with van der Waals surface area (Å²) in [4.78, 5) is 43.1. The monoisotopic (exact) mass is 596 g/mol. The number of β-lactam (4-membered cyclic amide) rings is 1. The summed E-state index contributed by atoms with van der Waals surface area (Å²) in [5, 5.41) is -0.206. The van der Waals surface area contributed by atoms with Crippen molar-refractivity contribution in [2.45, 2.75) is 25.9 Å². The number of benzene rings is 3. The quantitative estimate of drug-likeness (QED) is 0.133. The summed E-state index contributed by atoms with van der Waals surface area (Å²) in [7, 11) is 0. The molecule has 2 atom stereocenters. The number of aryl methyl sites for hydroxylation is 1. The molecular weight excluding hydrogens is 582 g/mol. The van der Waals surface area contributed by atoms with Gasteiger partial charge in [-0.25, -0.2) is 0 Å². The van der Waals surface area contributed by atoms with Gasteiger partial charge in [0.25, 0.3) is 17.7 Å². The van der Waals surface area contributed by atoms with Gasteiger partial charge in [-0.05, 0) is 49.2 Å². The van der Waals surface area contributed by atoms with E-state index in [-0.39, 0.29) is 31.2 Å². The maximum atomic E-state index is 13.6. The molecule has 3 aromatic carbocycles. The molecule has 0 radical (unpaired) electrons. The van der Waals surface area contributed by atoms with Crippen molar-refractivity contribution < 1.29 is 19.1 Å². The molecule has 0 saturated carbocycles. The first kappa shape index (κ1) is 26.1. The number of hydrogen-bond donors (Lipinski definition) is 0. The van der Waals surface area contributed by atoms with Crippen LogP contribution in [0.25, 0.3) is 0 Å². The van der Waals surface area contributed by atoms with Gasteiger partial charge in [-0.3, -0.25) is 19.3 Å². The molecular formula is C26H17Cl5N2O4. The van der Waals surface area contributed by atoms with E-state index in [1.807, 2.05) is 13.8 Å². The fourth-order valence-corrected chi connectivity index (χ4v) is 5.81. The van der Waals surface area contributed by atoms with E-state index in [1.54, 1.807) is 42.5 Å². The Morgan fingerprint density at radius 2 is 1.32 bits per heavy atom. The SMILES string of the molecule is CCOc1ccc([C@@H]2[C@H](N3C(=O)c4c(Cl)c(Cl)c(Cl)c(Cl)c4C3=O)C(=O)N2c2ccc(C)c(Cl)c2)cc1. The van der Waals surface area contributed by atoms with Gasteiger partial charge in [-0.15, -0.1) is 0 Å². The third-order valence-electron chi connectivity index (χ3n) is 6.44. The normalized spacial score (nSPS) is 18.8. The number of nitrogens with zero attached hydrogens (tertiary/aromatic N) is 2. The van der Waals surface area contributed by atoms with E-state index >= 15 is 0 Å². The Morgan fingerprint density at radius 1 is 0.757 bits per heavy atom. The summed E-state index contributed by atoms with van der Waals surface area (Å²) >= 11 is 31.2. The van der Waals surface area contributed by atoms with Crippen LogP contribution in [-0.2, 0) is 4.79 Å². The summed E-state index contributed by atoms with van der Waals surface area (Å²) in [6, 6.07) is 10.4. The van der Waals surface area contributed by atoms with Crippen LogP contribution < -0.4 is 9.64 Å². The number of imide groups is 1. The zero-order valence-electron chi connectivity index (χ0n) is 19.3. The summed E-state index contributed by atoms with van der Waals surface area (Å²) < 4.78 is 5.53.